The summed E-state index contributed by atoms with van der Waals surface area (Å²) in [5.41, 5.74) is 1.03. The van der Waals surface area contributed by atoms with E-state index in [2.05, 4.69) is 15.5 Å². The number of hydrogen-bond donors (Lipinski definition) is 2. The Morgan fingerprint density at radius 1 is 1.38 bits per heavy atom. The number of aromatic nitrogens is 3. The number of unbranched alkanes of at least 4 members (excludes halogenated alkanes) is 1. The van der Waals surface area contributed by atoms with Crippen molar-refractivity contribution in [3.05, 3.63) is 29.7 Å². The second kappa shape index (κ2) is 6.34. The van der Waals surface area contributed by atoms with Crippen molar-refractivity contribution < 1.29 is 14.7 Å². The molecule has 21 heavy (non-hydrogen) atoms. The third-order valence-electron chi connectivity index (χ3n) is 3.28. The SMILES string of the molecule is CCCC[C@H](NC(=O)c1ccc2nnc(C)n2c1)C(=O)O. The van der Waals surface area contributed by atoms with Crippen LogP contribution in [0.15, 0.2) is 18.3 Å². The molecule has 0 bridgehead atoms. The first-order chi connectivity index (χ1) is 10.0. The normalized spacial score (nSPS) is 12.3. The zero-order valence-corrected chi connectivity index (χ0v) is 12.0. The molecular weight excluding hydrogens is 272 g/mol. The fourth-order valence-corrected chi connectivity index (χ4v) is 2.05. The van der Waals surface area contributed by atoms with Crippen LogP contribution in [0.5, 0.6) is 0 Å². The Balaban J connectivity index is 2.16. The summed E-state index contributed by atoms with van der Waals surface area (Å²) >= 11 is 0. The molecule has 0 saturated heterocycles. The van der Waals surface area contributed by atoms with Crippen LogP contribution in [-0.2, 0) is 4.79 Å². The van der Waals surface area contributed by atoms with Gasteiger partial charge in [-0.3, -0.25) is 9.20 Å². The van der Waals surface area contributed by atoms with Gasteiger partial charge in [0.05, 0.1) is 5.56 Å². The van der Waals surface area contributed by atoms with Crippen molar-refractivity contribution in [1.29, 1.82) is 0 Å². The number of carbonyl (C=O) groups is 2. The molecule has 0 spiro atoms. The number of nitrogens with zero attached hydrogens (tertiary/aromatic N) is 3. The van der Waals surface area contributed by atoms with Crippen molar-refractivity contribution in [2.24, 2.45) is 0 Å². The van der Waals surface area contributed by atoms with Crippen LogP contribution in [0.3, 0.4) is 0 Å². The number of rotatable bonds is 6. The molecule has 2 aromatic rings. The number of pyridine rings is 1. The number of nitrogens with one attached hydrogen (secondary N) is 1. The van der Waals surface area contributed by atoms with Gasteiger partial charge in [0.2, 0.25) is 0 Å². The maximum atomic E-state index is 12.2. The van der Waals surface area contributed by atoms with E-state index in [0.717, 1.165) is 12.8 Å². The molecule has 2 N–H and O–H groups in total. The fourth-order valence-electron chi connectivity index (χ4n) is 2.05. The molecule has 1 atom stereocenters. The summed E-state index contributed by atoms with van der Waals surface area (Å²) in [5, 5.41) is 19.5. The second-order valence-electron chi connectivity index (χ2n) is 4.90. The maximum Gasteiger partial charge on any atom is 0.326 e. The highest BCUT2D eigenvalue weighted by Gasteiger charge is 2.20. The number of aryl methyl sites for hydroxylation is 1. The van der Waals surface area contributed by atoms with Gasteiger partial charge in [-0.25, -0.2) is 4.79 Å². The Morgan fingerprint density at radius 2 is 2.14 bits per heavy atom. The minimum Gasteiger partial charge on any atom is -0.480 e. The van der Waals surface area contributed by atoms with Crippen molar-refractivity contribution in [3.8, 4) is 0 Å². The van der Waals surface area contributed by atoms with Gasteiger partial charge in [0.25, 0.3) is 5.91 Å². The van der Waals surface area contributed by atoms with E-state index < -0.39 is 17.9 Å². The topological polar surface area (TPSA) is 96.6 Å². The van der Waals surface area contributed by atoms with E-state index in [9.17, 15) is 9.59 Å². The summed E-state index contributed by atoms with van der Waals surface area (Å²) in [6.45, 7) is 3.76. The van der Waals surface area contributed by atoms with Gasteiger partial charge in [-0.05, 0) is 25.5 Å². The van der Waals surface area contributed by atoms with Gasteiger partial charge in [0.1, 0.15) is 11.9 Å². The Hall–Kier alpha value is -2.44. The van der Waals surface area contributed by atoms with Crippen LogP contribution < -0.4 is 5.32 Å². The highest BCUT2D eigenvalue weighted by Crippen LogP contribution is 2.08. The van der Waals surface area contributed by atoms with Gasteiger partial charge in [0, 0.05) is 6.20 Å². The minimum absolute atomic E-state index is 0.383. The summed E-state index contributed by atoms with van der Waals surface area (Å²) < 4.78 is 1.69. The van der Waals surface area contributed by atoms with Crippen LogP contribution in [0.4, 0.5) is 0 Å². The molecule has 0 saturated carbocycles. The molecule has 112 valence electrons. The van der Waals surface area contributed by atoms with Gasteiger partial charge in [-0.1, -0.05) is 19.8 Å². The molecule has 7 nitrogen and oxygen atoms in total. The van der Waals surface area contributed by atoms with E-state index in [0.29, 0.717) is 23.5 Å². The molecule has 0 radical (unpaired) electrons. The zero-order valence-electron chi connectivity index (χ0n) is 12.0. The second-order valence-corrected chi connectivity index (χ2v) is 4.90. The number of hydrogen-bond acceptors (Lipinski definition) is 4. The molecule has 0 aromatic carbocycles. The Labute approximate surface area is 122 Å². The van der Waals surface area contributed by atoms with Crippen LogP contribution in [-0.4, -0.2) is 37.6 Å². The minimum atomic E-state index is -1.02. The lowest BCUT2D eigenvalue weighted by Crippen LogP contribution is -2.40. The molecule has 2 heterocycles. The van der Waals surface area contributed by atoms with E-state index in [1.54, 1.807) is 29.7 Å². The zero-order chi connectivity index (χ0) is 15.4. The van der Waals surface area contributed by atoms with Crippen LogP contribution in [0.1, 0.15) is 42.4 Å². The first-order valence-electron chi connectivity index (χ1n) is 6.88. The largest absolute Gasteiger partial charge is 0.480 e. The van der Waals surface area contributed by atoms with E-state index in [4.69, 9.17) is 5.11 Å². The molecule has 1 amide bonds. The quantitative estimate of drug-likeness (QED) is 0.838. The van der Waals surface area contributed by atoms with Crippen molar-refractivity contribution in [1.82, 2.24) is 19.9 Å². The number of carbonyl (C=O) groups excluding carboxylic acids is 1. The van der Waals surface area contributed by atoms with Gasteiger partial charge in [-0.15, -0.1) is 10.2 Å². The average molecular weight is 290 g/mol. The van der Waals surface area contributed by atoms with E-state index in [1.165, 1.54) is 0 Å². The molecule has 0 aliphatic rings. The summed E-state index contributed by atoms with van der Waals surface area (Å²) in [4.78, 5) is 23.3. The predicted octanol–water partition coefficient (Wildman–Crippen LogP) is 1.41. The lowest BCUT2D eigenvalue weighted by Gasteiger charge is -2.14. The average Bonchev–Trinajstić information content (AvgIpc) is 2.84. The summed E-state index contributed by atoms with van der Waals surface area (Å²) in [5.74, 6) is -0.757. The molecule has 2 rings (SSSR count). The molecule has 0 fully saturated rings. The molecule has 0 aliphatic carbocycles. The fraction of sp³-hybridized carbons (Fsp3) is 0.429. The Kier molecular flexibility index (Phi) is 4.52. The third kappa shape index (κ3) is 3.36. The number of amides is 1. The van der Waals surface area contributed by atoms with Gasteiger partial charge in [-0.2, -0.15) is 0 Å². The smallest absolute Gasteiger partial charge is 0.326 e. The van der Waals surface area contributed by atoms with Gasteiger partial charge >= 0.3 is 5.97 Å². The Bertz CT molecular complexity index is 665. The maximum absolute atomic E-state index is 12.2. The van der Waals surface area contributed by atoms with Crippen LogP contribution in [0.25, 0.3) is 5.65 Å². The number of carboxylic acids is 1. The molecule has 7 heteroatoms. The van der Waals surface area contributed by atoms with Crippen LogP contribution >= 0.6 is 0 Å². The summed E-state index contributed by atoms with van der Waals surface area (Å²) in [6.07, 6.45) is 3.66. The molecule has 0 unspecified atom stereocenters. The van der Waals surface area contributed by atoms with Crippen molar-refractivity contribution in [3.63, 3.8) is 0 Å². The van der Waals surface area contributed by atoms with Crippen LogP contribution in [0.2, 0.25) is 0 Å². The predicted molar refractivity (Wildman–Crippen MR) is 76.1 cm³/mol. The van der Waals surface area contributed by atoms with E-state index >= 15 is 0 Å². The summed E-state index contributed by atoms with van der Waals surface area (Å²) in [7, 11) is 0. The Morgan fingerprint density at radius 3 is 2.81 bits per heavy atom. The first-order valence-corrected chi connectivity index (χ1v) is 6.88. The lowest BCUT2D eigenvalue weighted by atomic mass is 10.1. The molecule has 2 aromatic heterocycles. The third-order valence-corrected chi connectivity index (χ3v) is 3.28. The van der Waals surface area contributed by atoms with Crippen molar-refractivity contribution >= 4 is 17.5 Å². The van der Waals surface area contributed by atoms with Gasteiger partial charge < -0.3 is 10.4 Å². The number of aliphatic carboxylic acids is 1. The number of carboxylic acid groups (broad SMARTS) is 1. The van der Waals surface area contributed by atoms with Crippen molar-refractivity contribution in [2.45, 2.75) is 39.2 Å². The van der Waals surface area contributed by atoms with Crippen molar-refractivity contribution in [2.75, 3.05) is 0 Å². The first kappa shape index (κ1) is 15.0. The molecule has 0 aliphatic heterocycles. The highest BCUT2D eigenvalue weighted by atomic mass is 16.4. The van der Waals surface area contributed by atoms with Gasteiger partial charge in [0.15, 0.2) is 5.65 Å². The number of fused-ring (bicyclic) bond motifs is 1. The highest BCUT2D eigenvalue weighted by molar-refractivity contribution is 5.96. The standard InChI is InChI=1S/C14H18N4O3/c1-3-4-5-11(14(20)21)15-13(19)10-6-7-12-17-16-9(2)18(12)8-10/h6-8,11H,3-5H2,1-2H3,(H,15,19)(H,20,21)/t11-/m0/s1. The summed E-state index contributed by atoms with van der Waals surface area (Å²) in [6, 6.07) is 2.42. The monoisotopic (exact) mass is 290 g/mol. The lowest BCUT2D eigenvalue weighted by molar-refractivity contribution is -0.139. The molecular formula is C14H18N4O3. The van der Waals surface area contributed by atoms with E-state index in [-0.39, 0.29) is 0 Å². The van der Waals surface area contributed by atoms with E-state index in [1.807, 2.05) is 6.92 Å². The van der Waals surface area contributed by atoms with Crippen LogP contribution in [0, 0.1) is 6.92 Å².